The first kappa shape index (κ1) is 22.9. The number of aliphatic hydroxyl groups is 1. The van der Waals surface area contributed by atoms with E-state index in [-0.39, 0.29) is 24.8 Å². The smallest absolute Gasteiger partial charge is 0.389 e. The molecule has 0 aliphatic carbocycles. The molecular formula is C23H23F3N4O3. The second kappa shape index (κ2) is 8.95. The van der Waals surface area contributed by atoms with Crippen molar-refractivity contribution in [2.24, 2.45) is 0 Å². The van der Waals surface area contributed by atoms with Crippen molar-refractivity contribution in [2.45, 2.75) is 38.2 Å². The van der Waals surface area contributed by atoms with Gasteiger partial charge in [-0.3, -0.25) is 9.78 Å². The highest BCUT2D eigenvalue weighted by Gasteiger charge is 2.34. The summed E-state index contributed by atoms with van der Waals surface area (Å²) in [7, 11) is 0. The number of benzene rings is 1. The molecule has 2 aromatic heterocycles. The van der Waals surface area contributed by atoms with Crippen molar-refractivity contribution >= 4 is 22.6 Å². The first-order valence-corrected chi connectivity index (χ1v) is 10.4. The number of ether oxygens (including phenoxy) is 1. The number of aryl methyl sites for hydroxylation is 1. The molecule has 0 unspecified atom stereocenters. The number of pyridine rings is 2. The van der Waals surface area contributed by atoms with Crippen LogP contribution in [0.5, 0.6) is 0 Å². The zero-order valence-electron chi connectivity index (χ0n) is 17.8. The largest absolute Gasteiger partial charge is 0.417 e. The van der Waals surface area contributed by atoms with Crippen molar-refractivity contribution < 1.29 is 27.8 Å². The van der Waals surface area contributed by atoms with Crippen LogP contribution in [0.4, 0.5) is 19.0 Å². The lowest BCUT2D eigenvalue weighted by molar-refractivity contribution is -0.137. The molecule has 1 aromatic carbocycles. The van der Waals surface area contributed by atoms with Gasteiger partial charge >= 0.3 is 6.18 Å². The Morgan fingerprint density at radius 1 is 1.27 bits per heavy atom. The molecule has 7 nitrogen and oxygen atoms in total. The lowest BCUT2D eigenvalue weighted by Gasteiger charge is -2.37. The van der Waals surface area contributed by atoms with Gasteiger partial charge in [-0.05, 0) is 55.3 Å². The fraction of sp³-hybridized carbons (Fsp3) is 0.348. The third-order valence-corrected chi connectivity index (χ3v) is 5.73. The van der Waals surface area contributed by atoms with E-state index in [2.05, 4.69) is 9.97 Å². The number of nitrogen functional groups attached to an aromatic ring is 1. The molecule has 3 aromatic rings. The van der Waals surface area contributed by atoms with Gasteiger partial charge in [-0.25, -0.2) is 4.98 Å². The Morgan fingerprint density at radius 3 is 2.73 bits per heavy atom. The molecule has 174 valence electrons. The molecule has 0 spiro atoms. The minimum Gasteiger partial charge on any atom is -0.389 e. The lowest BCUT2D eigenvalue weighted by atomic mass is 10.0. The Balaban J connectivity index is 1.67. The van der Waals surface area contributed by atoms with E-state index in [0.717, 1.165) is 23.2 Å². The summed E-state index contributed by atoms with van der Waals surface area (Å²) in [6.45, 7) is 2.17. The maximum atomic E-state index is 13.5. The zero-order valence-corrected chi connectivity index (χ0v) is 17.8. The van der Waals surface area contributed by atoms with Crippen LogP contribution < -0.4 is 5.73 Å². The molecule has 1 fully saturated rings. The van der Waals surface area contributed by atoms with Crippen molar-refractivity contribution in [3.05, 3.63) is 65.0 Å². The predicted octanol–water partition coefficient (Wildman–Crippen LogP) is 3.33. The second-order valence-corrected chi connectivity index (χ2v) is 8.07. The number of fused-ring (bicyclic) bond motifs is 1. The Bertz CT molecular complexity index is 1170. The first-order chi connectivity index (χ1) is 15.6. The lowest BCUT2D eigenvalue weighted by Crippen LogP contribution is -2.51. The highest BCUT2D eigenvalue weighted by atomic mass is 19.4. The quantitative estimate of drug-likeness (QED) is 0.619. The van der Waals surface area contributed by atoms with E-state index in [1.165, 1.54) is 11.0 Å². The van der Waals surface area contributed by atoms with Gasteiger partial charge in [-0.15, -0.1) is 0 Å². The standard InChI is InChI=1S/C23H23F3N4O3/c1-13-8-15-9-14(2-5-18(15)29-21(13)27)22(32)30(19-6-7-33-12-20(19)31)11-17-4-3-16(10-28-17)23(24,25)26/h2-5,8-10,19-20,31H,6-7,11-12H2,1H3,(H2,27,29)/t19-,20-/m1/s1. The van der Waals surface area contributed by atoms with E-state index in [1.54, 1.807) is 18.2 Å². The number of carbonyl (C=O) groups is 1. The zero-order chi connectivity index (χ0) is 23.8. The van der Waals surface area contributed by atoms with Gasteiger partial charge in [0.25, 0.3) is 5.91 Å². The Kier molecular flexibility index (Phi) is 6.22. The van der Waals surface area contributed by atoms with Crippen LogP contribution in [0.25, 0.3) is 10.9 Å². The maximum Gasteiger partial charge on any atom is 0.417 e. The number of carbonyl (C=O) groups excluding carboxylic acids is 1. The van der Waals surface area contributed by atoms with E-state index >= 15 is 0 Å². The van der Waals surface area contributed by atoms with Gasteiger partial charge < -0.3 is 20.5 Å². The van der Waals surface area contributed by atoms with Gasteiger partial charge in [-0.1, -0.05) is 0 Å². The number of halogens is 3. The minimum atomic E-state index is -4.50. The highest BCUT2D eigenvalue weighted by Crippen LogP contribution is 2.29. The van der Waals surface area contributed by atoms with Gasteiger partial charge in [0.15, 0.2) is 0 Å². The number of nitrogens with two attached hydrogens (primary N) is 1. The van der Waals surface area contributed by atoms with Gasteiger partial charge in [0.1, 0.15) is 5.82 Å². The number of amides is 1. The third-order valence-electron chi connectivity index (χ3n) is 5.73. The van der Waals surface area contributed by atoms with Crippen molar-refractivity contribution in [3.8, 4) is 0 Å². The van der Waals surface area contributed by atoms with Crippen LogP contribution >= 0.6 is 0 Å². The van der Waals surface area contributed by atoms with Crippen molar-refractivity contribution in [1.82, 2.24) is 14.9 Å². The van der Waals surface area contributed by atoms with E-state index < -0.39 is 23.9 Å². The fourth-order valence-corrected chi connectivity index (χ4v) is 3.87. The van der Waals surface area contributed by atoms with Crippen LogP contribution in [0.3, 0.4) is 0 Å². The van der Waals surface area contributed by atoms with Crippen LogP contribution in [-0.2, 0) is 17.5 Å². The molecule has 0 saturated carbocycles. The molecule has 3 heterocycles. The van der Waals surface area contributed by atoms with Crippen LogP contribution in [0.2, 0.25) is 0 Å². The summed E-state index contributed by atoms with van der Waals surface area (Å²) >= 11 is 0. The molecule has 10 heteroatoms. The van der Waals surface area contributed by atoms with Gasteiger partial charge in [-0.2, -0.15) is 13.2 Å². The molecule has 33 heavy (non-hydrogen) atoms. The summed E-state index contributed by atoms with van der Waals surface area (Å²) in [5.74, 6) is 0.0286. The minimum absolute atomic E-state index is 0.0598. The Labute approximate surface area is 188 Å². The van der Waals surface area contributed by atoms with Crippen LogP contribution in [0, 0.1) is 6.92 Å². The fourth-order valence-electron chi connectivity index (χ4n) is 3.87. The molecule has 1 amide bonds. The number of anilines is 1. The summed E-state index contributed by atoms with van der Waals surface area (Å²) in [5.41, 5.74) is 7.05. The number of hydrogen-bond donors (Lipinski definition) is 2. The average molecular weight is 460 g/mol. The maximum absolute atomic E-state index is 13.5. The number of hydrogen-bond acceptors (Lipinski definition) is 6. The summed E-state index contributed by atoms with van der Waals surface area (Å²) in [6.07, 6.45) is -4.30. The van der Waals surface area contributed by atoms with E-state index in [0.29, 0.717) is 29.9 Å². The van der Waals surface area contributed by atoms with Crippen molar-refractivity contribution in [2.75, 3.05) is 18.9 Å². The third kappa shape index (κ3) is 4.91. The molecule has 2 atom stereocenters. The summed E-state index contributed by atoms with van der Waals surface area (Å²) in [4.78, 5) is 23.2. The molecule has 1 aliphatic heterocycles. The number of nitrogens with zero attached hydrogens (tertiary/aromatic N) is 3. The molecule has 3 N–H and O–H groups in total. The van der Waals surface area contributed by atoms with E-state index in [4.69, 9.17) is 10.5 Å². The summed E-state index contributed by atoms with van der Waals surface area (Å²) < 4.78 is 44.0. The summed E-state index contributed by atoms with van der Waals surface area (Å²) in [5, 5.41) is 11.2. The molecule has 4 rings (SSSR count). The number of aromatic nitrogens is 2. The first-order valence-electron chi connectivity index (χ1n) is 10.4. The topological polar surface area (TPSA) is 102 Å². The molecule has 0 bridgehead atoms. The van der Waals surface area contributed by atoms with Crippen molar-refractivity contribution in [1.29, 1.82) is 0 Å². The second-order valence-electron chi connectivity index (χ2n) is 8.07. The van der Waals surface area contributed by atoms with Crippen molar-refractivity contribution in [3.63, 3.8) is 0 Å². The molecule has 1 aliphatic rings. The normalized spacial score (nSPS) is 18.9. The molecule has 1 saturated heterocycles. The number of rotatable bonds is 4. The average Bonchev–Trinajstić information content (AvgIpc) is 2.78. The highest BCUT2D eigenvalue weighted by molar-refractivity contribution is 5.98. The van der Waals surface area contributed by atoms with Crippen LogP contribution in [0.15, 0.2) is 42.6 Å². The SMILES string of the molecule is Cc1cc2cc(C(=O)N(Cc3ccc(C(F)(F)F)cn3)[C@@H]3CCOC[C@H]3O)ccc2nc1N. The predicted molar refractivity (Wildman–Crippen MR) is 115 cm³/mol. The Morgan fingerprint density at radius 2 is 2.06 bits per heavy atom. The van der Waals surface area contributed by atoms with Gasteiger partial charge in [0, 0.05) is 23.8 Å². The molecular weight excluding hydrogens is 437 g/mol. The van der Waals surface area contributed by atoms with Crippen LogP contribution in [-0.4, -0.2) is 51.2 Å². The summed E-state index contributed by atoms with van der Waals surface area (Å²) in [6, 6.07) is 8.43. The Hall–Kier alpha value is -3.24. The van der Waals surface area contributed by atoms with E-state index in [9.17, 15) is 23.1 Å². The van der Waals surface area contributed by atoms with Crippen LogP contribution in [0.1, 0.15) is 33.6 Å². The molecule has 0 radical (unpaired) electrons. The number of aliphatic hydroxyl groups excluding tert-OH is 1. The van der Waals surface area contributed by atoms with Gasteiger partial charge in [0.2, 0.25) is 0 Å². The number of alkyl halides is 3. The monoisotopic (exact) mass is 460 g/mol. The van der Waals surface area contributed by atoms with E-state index in [1.807, 2.05) is 13.0 Å². The van der Waals surface area contributed by atoms with Gasteiger partial charge in [0.05, 0.1) is 42.1 Å².